The van der Waals surface area contributed by atoms with E-state index < -0.39 is 80.7 Å². The van der Waals surface area contributed by atoms with E-state index >= 15 is 0 Å². The zero-order valence-corrected chi connectivity index (χ0v) is 47.4. The highest BCUT2D eigenvalue weighted by Crippen LogP contribution is 2.26. The van der Waals surface area contributed by atoms with Gasteiger partial charge in [0.1, 0.15) is 54.9 Å². The van der Waals surface area contributed by atoms with E-state index in [4.69, 9.17) is 28.4 Å². The van der Waals surface area contributed by atoms with Crippen molar-refractivity contribution in [1.29, 1.82) is 0 Å². The van der Waals surface area contributed by atoms with Gasteiger partial charge in [-0.2, -0.15) is 0 Å². The van der Waals surface area contributed by atoms with Gasteiger partial charge in [-0.1, -0.05) is 195 Å². The van der Waals surface area contributed by atoms with Crippen LogP contribution in [-0.4, -0.2) is 142 Å². The van der Waals surface area contributed by atoms with E-state index in [-0.39, 0.29) is 25.6 Å². The Labute approximate surface area is 464 Å². The number of rotatable bonds is 47. The van der Waals surface area contributed by atoms with Gasteiger partial charge in [0.25, 0.3) is 0 Å². The number of allylic oxidation sites excluding steroid dienone is 16. The molecule has 0 spiro atoms. The highest BCUT2D eigenvalue weighted by Gasteiger charge is 2.47. The molecule has 11 unspecified atom stereocenters. The summed E-state index contributed by atoms with van der Waals surface area (Å²) in [4.78, 5) is 13.1. The number of carbonyl (C=O) groups excluding carboxylic acids is 1. The Hall–Kier alpha value is -3.09. The molecule has 2 heterocycles. The summed E-state index contributed by atoms with van der Waals surface area (Å²) in [5.74, 6) is -0.389. The van der Waals surface area contributed by atoms with Crippen LogP contribution in [0.4, 0.5) is 0 Å². The first-order chi connectivity index (χ1) is 37.6. The lowest BCUT2D eigenvalue weighted by molar-refractivity contribution is -0.332. The number of ether oxygens (including phenoxy) is 6. The highest BCUT2D eigenvalue weighted by atomic mass is 16.7. The SMILES string of the molecule is CC/C=C\C/C=C\C/C=C\C/C=C\CCCCCCCCCCCCCCC(=O)OC(COCCCCCCC/C=C\C/C=C\C/C=C\C/C=C\CC)COC1OC(COC2OC(CO)C(O)C(O)C2O)C(O)C(O)C1O. The Morgan fingerprint density at radius 1 is 0.429 bits per heavy atom. The van der Waals surface area contributed by atoms with E-state index in [0.717, 1.165) is 116 Å². The van der Waals surface area contributed by atoms with Gasteiger partial charge in [-0.3, -0.25) is 4.79 Å². The van der Waals surface area contributed by atoms with Gasteiger partial charge in [0, 0.05) is 13.0 Å². The molecule has 2 rings (SSSR count). The quantitative estimate of drug-likeness (QED) is 0.0172. The van der Waals surface area contributed by atoms with Crippen LogP contribution >= 0.6 is 0 Å². The van der Waals surface area contributed by atoms with Crippen LogP contribution in [0.15, 0.2) is 97.2 Å². The van der Waals surface area contributed by atoms with E-state index in [1.165, 1.54) is 51.4 Å². The molecule has 0 aromatic heterocycles. The molecule has 0 radical (unpaired) electrons. The average molecular weight is 1090 g/mol. The van der Waals surface area contributed by atoms with Crippen molar-refractivity contribution in [1.82, 2.24) is 0 Å². The maximum Gasteiger partial charge on any atom is 0.306 e. The van der Waals surface area contributed by atoms with Gasteiger partial charge in [-0.25, -0.2) is 0 Å². The molecule has 77 heavy (non-hydrogen) atoms. The van der Waals surface area contributed by atoms with Crippen LogP contribution in [0.2, 0.25) is 0 Å². The number of hydrogen-bond donors (Lipinski definition) is 7. The molecule has 14 heteroatoms. The molecule has 2 aliphatic heterocycles. The summed E-state index contributed by atoms with van der Waals surface area (Å²) >= 11 is 0. The Kier molecular flexibility index (Phi) is 44.4. The molecule has 7 N–H and O–H groups in total. The molecule has 0 saturated carbocycles. The Morgan fingerprint density at radius 3 is 1.26 bits per heavy atom. The van der Waals surface area contributed by atoms with E-state index in [1.54, 1.807) is 0 Å². The summed E-state index contributed by atoms with van der Waals surface area (Å²) in [6, 6.07) is 0. The van der Waals surface area contributed by atoms with Crippen LogP contribution < -0.4 is 0 Å². The molecule has 0 aromatic rings. The van der Waals surface area contributed by atoms with Gasteiger partial charge in [-0.15, -0.1) is 0 Å². The Morgan fingerprint density at radius 2 is 0.805 bits per heavy atom. The van der Waals surface area contributed by atoms with Crippen molar-refractivity contribution in [2.75, 3.05) is 33.0 Å². The van der Waals surface area contributed by atoms with E-state index in [2.05, 4.69) is 111 Å². The fourth-order valence-electron chi connectivity index (χ4n) is 8.86. The lowest BCUT2D eigenvalue weighted by Crippen LogP contribution is -2.61. The smallest absolute Gasteiger partial charge is 0.306 e. The average Bonchev–Trinajstić information content (AvgIpc) is 3.43. The number of esters is 1. The largest absolute Gasteiger partial charge is 0.457 e. The van der Waals surface area contributed by atoms with Crippen LogP contribution in [0.5, 0.6) is 0 Å². The van der Waals surface area contributed by atoms with Gasteiger partial charge in [0.2, 0.25) is 0 Å². The van der Waals surface area contributed by atoms with E-state index in [9.17, 15) is 40.5 Å². The van der Waals surface area contributed by atoms with Crippen molar-refractivity contribution >= 4 is 5.97 Å². The van der Waals surface area contributed by atoms with Gasteiger partial charge < -0.3 is 64.2 Å². The minimum absolute atomic E-state index is 0.0429. The maximum atomic E-state index is 13.1. The number of unbranched alkanes of at least 4 members (excludes halogenated alkanes) is 17. The van der Waals surface area contributed by atoms with Crippen molar-refractivity contribution in [3.63, 3.8) is 0 Å². The highest BCUT2D eigenvalue weighted by molar-refractivity contribution is 5.69. The van der Waals surface area contributed by atoms with Crippen molar-refractivity contribution in [3.05, 3.63) is 97.2 Å². The lowest BCUT2D eigenvalue weighted by atomic mass is 9.98. The molecular formula is C63H106O14. The zero-order valence-electron chi connectivity index (χ0n) is 47.4. The third-order valence-electron chi connectivity index (χ3n) is 13.6. The molecule has 0 aliphatic carbocycles. The normalized spacial score (nSPS) is 25.0. The number of aliphatic hydroxyl groups is 7. The molecule has 14 nitrogen and oxygen atoms in total. The summed E-state index contributed by atoms with van der Waals surface area (Å²) in [6.45, 7) is 3.41. The molecule has 0 aromatic carbocycles. The summed E-state index contributed by atoms with van der Waals surface area (Å²) < 4.78 is 34.4. The Bertz CT molecular complexity index is 1640. The zero-order chi connectivity index (χ0) is 55.8. The minimum Gasteiger partial charge on any atom is -0.457 e. The second-order valence-electron chi connectivity index (χ2n) is 20.4. The molecule has 442 valence electrons. The number of aliphatic hydroxyl groups excluding tert-OH is 7. The van der Waals surface area contributed by atoms with E-state index in [0.29, 0.717) is 13.0 Å². The molecule has 2 aliphatic rings. The van der Waals surface area contributed by atoms with Crippen LogP contribution in [0, 0.1) is 0 Å². The van der Waals surface area contributed by atoms with E-state index in [1.807, 2.05) is 0 Å². The molecule has 0 amide bonds. The van der Waals surface area contributed by atoms with Crippen molar-refractivity contribution < 1.29 is 69.0 Å². The van der Waals surface area contributed by atoms with Crippen LogP contribution in [0.25, 0.3) is 0 Å². The van der Waals surface area contributed by atoms with Crippen molar-refractivity contribution in [2.24, 2.45) is 0 Å². The summed E-state index contributed by atoms with van der Waals surface area (Å²) in [5, 5.41) is 72.4. The minimum atomic E-state index is -1.72. The van der Waals surface area contributed by atoms with Crippen molar-refractivity contribution in [2.45, 2.75) is 261 Å². The van der Waals surface area contributed by atoms with Crippen LogP contribution in [0.3, 0.4) is 0 Å². The number of carbonyl (C=O) groups is 1. The van der Waals surface area contributed by atoms with Crippen LogP contribution in [0.1, 0.15) is 194 Å². The molecule has 11 atom stereocenters. The van der Waals surface area contributed by atoms with Gasteiger partial charge >= 0.3 is 5.97 Å². The molecule has 2 fully saturated rings. The molecule has 0 bridgehead atoms. The number of hydrogen-bond acceptors (Lipinski definition) is 14. The summed E-state index contributed by atoms with van der Waals surface area (Å²) in [6.07, 6.45) is 48.9. The predicted octanol–water partition coefficient (Wildman–Crippen LogP) is 11.0. The van der Waals surface area contributed by atoms with Gasteiger partial charge in [0.05, 0.1) is 26.4 Å². The summed E-state index contributed by atoms with van der Waals surface area (Å²) in [5.41, 5.74) is 0. The maximum absolute atomic E-state index is 13.1. The first-order valence-corrected chi connectivity index (χ1v) is 29.8. The third-order valence-corrected chi connectivity index (χ3v) is 13.6. The summed E-state index contributed by atoms with van der Waals surface area (Å²) in [7, 11) is 0. The fraction of sp³-hybridized carbons (Fsp3) is 0.730. The second kappa shape index (κ2) is 48.8. The van der Waals surface area contributed by atoms with Gasteiger partial charge in [-0.05, 0) is 89.9 Å². The first kappa shape index (κ1) is 70.0. The van der Waals surface area contributed by atoms with Crippen molar-refractivity contribution in [3.8, 4) is 0 Å². The lowest BCUT2D eigenvalue weighted by Gasteiger charge is -2.42. The third kappa shape index (κ3) is 35.3. The van der Waals surface area contributed by atoms with Gasteiger partial charge in [0.15, 0.2) is 12.6 Å². The second-order valence-corrected chi connectivity index (χ2v) is 20.4. The fourth-order valence-corrected chi connectivity index (χ4v) is 8.86. The monoisotopic (exact) mass is 1090 g/mol. The Balaban J connectivity index is 1.70. The first-order valence-electron chi connectivity index (χ1n) is 29.8. The molecular weight excluding hydrogens is 981 g/mol. The van der Waals surface area contributed by atoms with Crippen LogP contribution in [-0.2, 0) is 33.2 Å². The topological polar surface area (TPSA) is 214 Å². The standard InChI is InChI=1S/C63H106O14/c1-3-5-7-9-11-13-15-17-19-21-23-24-25-26-27-28-29-30-32-34-36-38-40-42-44-46-55(65)75-52(49-72-47-45-43-41-39-37-35-33-31-22-20-18-16-14-12-10-8-6-4-2)50-73-62-61(71)59(69)57(67)54(77-62)51-74-63-60(70)58(68)56(66)53(48-64)76-63/h5-8,11-14,17-20,23-24,31,33,52-54,56-64,66-71H,3-4,9-10,15-16,21-22,25-30,32,34-51H2,1-2H3/b7-5-,8-6-,13-11-,14-12-,19-17-,20-18-,24-23-,33-31-. The molecule has 2 saturated heterocycles. The predicted molar refractivity (Wildman–Crippen MR) is 307 cm³/mol.